The Morgan fingerprint density at radius 1 is 1.23 bits per heavy atom. The van der Waals surface area contributed by atoms with Crippen LogP contribution in [0.2, 0.25) is 0 Å². The fraction of sp³-hybridized carbons (Fsp3) is 0.241. The van der Waals surface area contributed by atoms with Crippen LogP contribution in [0.25, 0.3) is 5.76 Å². The first-order valence-corrected chi connectivity index (χ1v) is 13.1. The summed E-state index contributed by atoms with van der Waals surface area (Å²) in [6.07, 6.45) is 3.29. The van der Waals surface area contributed by atoms with Crippen molar-refractivity contribution >= 4 is 39.9 Å². The number of aryl methyl sites for hydroxylation is 1. The molecule has 1 fully saturated rings. The van der Waals surface area contributed by atoms with Crippen LogP contribution in [0, 0.1) is 12.7 Å². The van der Waals surface area contributed by atoms with E-state index in [0.717, 1.165) is 29.1 Å². The highest BCUT2D eigenvalue weighted by Crippen LogP contribution is 2.44. The van der Waals surface area contributed by atoms with Crippen LogP contribution in [0.4, 0.5) is 9.52 Å². The van der Waals surface area contributed by atoms with E-state index in [2.05, 4.69) is 18.5 Å². The van der Waals surface area contributed by atoms with Crippen LogP contribution >= 0.6 is 11.3 Å². The summed E-state index contributed by atoms with van der Waals surface area (Å²) in [5.41, 5.74) is 0.594. The fourth-order valence-electron chi connectivity index (χ4n) is 4.10. The molecule has 202 valence electrons. The van der Waals surface area contributed by atoms with E-state index in [-0.39, 0.29) is 33.3 Å². The van der Waals surface area contributed by atoms with Gasteiger partial charge in [0.2, 0.25) is 0 Å². The average Bonchev–Trinajstić information content (AvgIpc) is 3.44. The first-order chi connectivity index (χ1) is 18.8. The second-order valence-corrected chi connectivity index (χ2v) is 9.73. The number of anilines is 1. The molecule has 1 aliphatic rings. The molecular weight excluding hydrogens is 523 g/mol. The number of Topliss-reactive ketones (excluding diaryl/α,β-unsaturated/α-hetero) is 1. The van der Waals surface area contributed by atoms with Gasteiger partial charge in [0.05, 0.1) is 23.9 Å². The Morgan fingerprint density at radius 3 is 2.64 bits per heavy atom. The van der Waals surface area contributed by atoms with E-state index in [9.17, 15) is 23.9 Å². The number of amides is 1. The molecule has 39 heavy (non-hydrogen) atoms. The first kappa shape index (κ1) is 27.7. The smallest absolute Gasteiger partial charge is 0.350 e. The first-order valence-electron chi connectivity index (χ1n) is 12.3. The van der Waals surface area contributed by atoms with Crippen LogP contribution in [-0.2, 0) is 14.3 Å². The van der Waals surface area contributed by atoms with E-state index in [1.165, 1.54) is 24.3 Å². The number of benzene rings is 2. The monoisotopic (exact) mass is 550 g/mol. The van der Waals surface area contributed by atoms with Gasteiger partial charge in [0, 0.05) is 5.56 Å². The molecule has 2 heterocycles. The number of thiazole rings is 1. The number of hydrogen-bond acceptors (Lipinski definition) is 8. The predicted molar refractivity (Wildman–Crippen MR) is 145 cm³/mol. The van der Waals surface area contributed by atoms with E-state index in [1.54, 1.807) is 37.3 Å². The van der Waals surface area contributed by atoms with Crippen molar-refractivity contribution in [2.45, 2.75) is 32.7 Å². The third-order valence-corrected chi connectivity index (χ3v) is 7.15. The van der Waals surface area contributed by atoms with Crippen molar-refractivity contribution in [3.63, 3.8) is 0 Å². The quantitative estimate of drug-likeness (QED) is 0.0857. The third-order valence-electron chi connectivity index (χ3n) is 6.01. The zero-order valence-corrected chi connectivity index (χ0v) is 22.3. The van der Waals surface area contributed by atoms with Crippen molar-refractivity contribution in [1.82, 2.24) is 4.98 Å². The molecule has 0 aliphatic carbocycles. The van der Waals surface area contributed by atoms with E-state index in [0.29, 0.717) is 18.1 Å². The molecule has 0 saturated carbocycles. The molecule has 8 nitrogen and oxygen atoms in total. The lowest BCUT2D eigenvalue weighted by Gasteiger charge is -2.23. The second kappa shape index (κ2) is 12.0. The van der Waals surface area contributed by atoms with Gasteiger partial charge in [-0.25, -0.2) is 14.2 Å². The lowest BCUT2D eigenvalue weighted by Crippen LogP contribution is -2.29. The maximum Gasteiger partial charge on any atom is 0.350 e. The van der Waals surface area contributed by atoms with Crippen molar-refractivity contribution in [3.8, 4) is 5.75 Å². The SMILES string of the molecule is C=CCOC(=O)c1sc(N2C(=O)C(=O)/C(=C(/O)c3ccc(OCCCC)cc3)C2c2cccc(F)c2)nc1C. The number of aliphatic hydroxyl groups is 1. The highest BCUT2D eigenvalue weighted by atomic mass is 32.1. The van der Waals surface area contributed by atoms with Crippen molar-refractivity contribution in [1.29, 1.82) is 0 Å². The maximum atomic E-state index is 14.3. The molecule has 1 amide bonds. The van der Waals surface area contributed by atoms with E-state index >= 15 is 0 Å². The number of carbonyl (C=O) groups excluding carboxylic acids is 3. The standard InChI is InChI=1S/C29H27FN2O6S/c1-4-6-15-37-21-12-10-18(11-13-21)24(33)22-23(19-8-7-9-20(30)16-19)32(27(35)25(22)34)29-31-17(3)26(39-29)28(36)38-14-5-2/h5,7-13,16,23,33H,2,4,6,14-15H2,1,3H3/b24-22+. The summed E-state index contributed by atoms with van der Waals surface area (Å²) in [4.78, 5) is 44.7. The highest BCUT2D eigenvalue weighted by molar-refractivity contribution is 7.17. The Labute approximate surface area is 229 Å². The number of halogens is 1. The van der Waals surface area contributed by atoms with Crippen LogP contribution in [0.15, 0.2) is 66.8 Å². The summed E-state index contributed by atoms with van der Waals surface area (Å²) in [5, 5.41) is 11.3. The molecule has 0 bridgehead atoms. The Balaban J connectivity index is 1.80. The topological polar surface area (TPSA) is 106 Å². The number of hydrogen-bond donors (Lipinski definition) is 1. The van der Waals surface area contributed by atoms with Gasteiger partial charge in [-0.3, -0.25) is 14.5 Å². The number of ketones is 1. The molecule has 0 spiro atoms. The molecular formula is C29H27FN2O6S. The lowest BCUT2D eigenvalue weighted by molar-refractivity contribution is -0.132. The van der Waals surface area contributed by atoms with Crippen molar-refractivity contribution in [2.75, 3.05) is 18.1 Å². The lowest BCUT2D eigenvalue weighted by atomic mass is 9.95. The number of unbranched alkanes of at least 4 members (excludes halogenated alkanes) is 1. The Morgan fingerprint density at radius 2 is 1.97 bits per heavy atom. The number of carbonyl (C=O) groups is 3. The largest absolute Gasteiger partial charge is 0.507 e. The zero-order chi connectivity index (χ0) is 28.1. The summed E-state index contributed by atoms with van der Waals surface area (Å²) >= 11 is 0.863. The van der Waals surface area contributed by atoms with Gasteiger partial charge < -0.3 is 14.6 Å². The minimum Gasteiger partial charge on any atom is -0.507 e. The maximum absolute atomic E-state index is 14.3. The Kier molecular flexibility index (Phi) is 8.55. The molecule has 0 radical (unpaired) electrons. The normalized spacial score (nSPS) is 16.4. The molecule has 10 heteroatoms. The molecule has 1 unspecified atom stereocenters. The highest BCUT2D eigenvalue weighted by Gasteiger charge is 2.48. The molecule has 4 rings (SSSR count). The molecule has 1 saturated heterocycles. The summed E-state index contributed by atoms with van der Waals surface area (Å²) < 4.78 is 25.1. The van der Waals surface area contributed by atoms with E-state index < -0.39 is 35.3 Å². The van der Waals surface area contributed by atoms with Gasteiger partial charge in [0.25, 0.3) is 5.78 Å². The number of esters is 1. The van der Waals surface area contributed by atoms with Crippen LogP contribution in [0.1, 0.15) is 52.3 Å². The minimum atomic E-state index is -1.19. The van der Waals surface area contributed by atoms with Crippen molar-refractivity contribution in [3.05, 3.63) is 94.3 Å². The summed E-state index contributed by atoms with van der Waals surface area (Å²) in [6, 6.07) is 10.7. The predicted octanol–water partition coefficient (Wildman–Crippen LogP) is 5.74. The number of aliphatic hydroxyl groups excluding tert-OH is 1. The van der Waals surface area contributed by atoms with Gasteiger partial charge in [-0.2, -0.15) is 0 Å². The Hall–Kier alpha value is -4.31. The molecule has 3 aromatic rings. The Bertz CT molecular complexity index is 1450. The molecule has 1 aromatic heterocycles. The van der Waals surface area contributed by atoms with Gasteiger partial charge in [0.1, 0.15) is 28.8 Å². The third kappa shape index (κ3) is 5.75. The minimum absolute atomic E-state index is 0.0122. The zero-order valence-electron chi connectivity index (χ0n) is 21.5. The van der Waals surface area contributed by atoms with Crippen LogP contribution in [-0.4, -0.2) is 41.0 Å². The number of aromatic nitrogens is 1. The number of nitrogens with zero attached hydrogens (tertiary/aromatic N) is 2. The number of rotatable bonds is 10. The van der Waals surface area contributed by atoms with Crippen molar-refractivity contribution < 1.29 is 33.4 Å². The molecule has 1 atom stereocenters. The summed E-state index contributed by atoms with van der Waals surface area (Å²) in [6.45, 7) is 7.67. The van der Waals surface area contributed by atoms with Gasteiger partial charge in [-0.05, 0) is 55.3 Å². The second-order valence-electron chi connectivity index (χ2n) is 8.75. The van der Waals surface area contributed by atoms with Gasteiger partial charge in [-0.15, -0.1) is 0 Å². The van der Waals surface area contributed by atoms with Crippen LogP contribution in [0.3, 0.4) is 0 Å². The van der Waals surface area contributed by atoms with Gasteiger partial charge in [0.15, 0.2) is 5.13 Å². The summed E-state index contributed by atoms with van der Waals surface area (Å²) in [7, 11) is 0. The van der Waals surface area contributed by atoms with E-state index in [4.69, 9.17) is 9.47 Å². The molecule has 1 N–H and O–H groups in total. The molecule has 2 aromatic carbocycles. The number of ether oxygens (including phenoxy) is 2. The van der Waals surface area contributed by atoms with Gasteiger partial charge >= 0.3 is 11.9 Å². The summed E-state index contributed by atoms with van der Waals surface area (Å²) in [5.74, 6) is -3.01. The van der Waals surface area contributed by atoms with E-state index in [1.807, 2.05) is 0 Å². The average molecular weight is 551 g/mol. The van der Waals surface area contributed by atoms with Crippen LogP contribution < -0.4 is 9.64 Å². The van der Waals surface area contributed by atoms with Crippen LogP contribution in [0.5, 0.6) is 5.75 Å². The molecule has 1 aliphatic heterocycles. The van der Waals surface area contributed by atoms with Gasteiger partial charge in [-0.1, -0.05) is 49.5 Å². The van der Waals surface area contributed by atoms with Crippen molar-refractivity contribution in [2.24, 2.45) is 0 Å². The fourth-order valence-corrected chi connectivity index (χ4v) is 5.08.